The van der Waals surface area contributed by atoms with Crippen molar-refractivity contribution in [2.45, 2.75) is 5.92 Å². The van der Waals surface area contributed by atoms with Crippen molar-refractivity contribution in [2.24, 2.45) is 7.05 Å². The van der Waals surface area contributed by atoms with Gasteiger partial charge in [-0.25, -0.2) is 9.59 Å². The van der Waals surface area contributed by atoms with E-state index in [0.717, 1.165) is 17.9 Å². The lowest BCUT2D eigenvalue weighted by atomic mass is 10.1. The van der Waals surface area contributed by atoms with Crippen LogP contribution in [-0.4, -0.2) is 28.7 Å². The average Bonchev–Trinajstić information content (AvgIpc) is 2.53. The molecule has 17 heavy (non-hydrogen) atoms. The standard InChI is InChI=1S/C9H8ClF2NO4/c1-13-3-4(9(11,12)8(15)16)5(10)6(13)7(14)17-2/h3H,1-2H3,(H,15,16). The van der Waals surface area contributed by atoms with Crippen molar-refractivity contribution in [3.63, 3.8) is 0 Å². The lowest BCUT2D eigenvalue weighted by Crippen LogP contribution is -2.25. The molecule has 1 aromatic heterocycles. The molecule has 5 nitrogen and oxygen atoms in total. The Morgan fingerprint density at radius 2 is 2.06 bits per heavy atom. The van der Waals surface area contributed by atoms with Gasteiger partial charge < -0.3 is 14.4 Å². The summed E-state index contributed by atoms with van der Waals surface area (Å²) in [5, 5.41) is 7.75. The molecule has 8 heteroatoms. The van der Waals surface area contributed by atoms with Crippen molar-refractivity contribution in [3.05, 3.63) is 22.5 Å². The Balaban J connectivity index is 3.41. The maximum atomic E-state index is 13.3. The predicted molar refractivity (Wildman–Crippen MR) is 53.3 cm³/mol. The number of aromatic nitrogens is 1. The zero-order chi connectivity index (χ0) is 13.4. The number of esters is 1. The van der Waals surface area contributed by atoms with Gasteiger partial charge in [0.1, 0.15) is 5.69 Å². The third-order valence-corrected chi connectivity index (χ3v) is 2.49. The number of halogens is 3. The molecular formula is C9H8ClF2NO4. The van der Waals surface area contributed by atoms with E-state index in [1.165, 1.54) is 7.05 Å². The minimum Gasteiger partial charge on any atom is -0.477 e. The van der Waals surface area contributed by atoms with E-state index in [9.17, 15) is 18.4 Å². The fourth-order valence-corrected chi connectivity index (χ4v) is 1.64. The lowest BCUT2D eigenvalue weighted by Gasteiger charge is -2.09. The Hall–Kier alpha value is -1.63. The molecule has 0 amide bonds. The van der Waals surface area contributed by atoms with Crippen LogP contribution in [0, 0.1) is 0 Å². The number of nitrogens with zero attached hydrogens (tertiary/aromatic N) is 1. The molecule has 0 aliphatic heterocycles. The Morgan fingerprint density at radius 1 is 1.53 bits per heavy atom. The lowest BCUT2D eigenvalue weighted by molar-refractivity contribution is -0.166. The van der Waals surface area contributed by atoms with E-state index in [1.807, 2.05) is 0 Å². The van der Waals surface area contributed by atoms with Crippen molar-refractivity contribution in [1.29, 1.82) is 0 Å². The van der Waals surface area contributed by atoms with E-state index in [0.29, 0.717) is 0 Å². The summed E-state index contributed by atoms with van der Waals surface area (Å²) in [6, 6.07) is 0. The van der Waals surface area contributed by atoms with Crippen molar-refractivity contribution >= 4 is 23.5 Å². The van der Waals surface area contributed by atoms with Crippen molar-refractivity contribution in [1.82, 2.24) is 4.57 Å². The maximum Gasteiger partial charge on any atom is 0.379 e. The molecule has 94 valence electrons. The fourth-order valence-electron chi connectivity index (χ4n) is 1.26. The highest BCUT2D eigenvalue weighted by molar-refractivity contribution is 6.34. The van der Waals surface area contributed by atoms with Gasteiger partial charge in [-0.1, -0.05) is 11.6 Å². The van der Waals surface area contributed by atoms with Crippen molar-refractivity contribution < 1.29 is 28.2 Å². The van der Waals surface area contributed by atoms with E-state index in [4.69, 9.17) is 16.7 Å². The molecule has 0 radical (unpaired) electrons. The summed E-state index contributed by atoms with van der Waals surface area (Å²) in [4.78, 5) is 21.6. The molecule has 0 aliphatic rings. The van der Waals surface area contributed by atoms with Crippen LogP contribution in [0.4, 0.5) is 8.78 Å². The Bertz CT molecular complexity index is 484. The van der Waals surface area contributed by atoms with Gasteiger partial charge in [0, 0.05) is 13.2 Å². The number of carboxylic acid groups (broad SMARTS) is 1. The third-order valence-electron chi connectivity index (χ3n) is 2.11. The molecule has 0 saturated heterocycles. The number of carbonyl (C=O) groups is 2. The van der Waals surface area contributed by atoms with Crippen LogP contribution < -0.4 is 0 Å². The van der Waals surface area contributed by atoms with Crippen LogP contribution in [0.2, 0.25) is 5.02 Å². The van der Waals surface area contributed by atoms with Gasteiger partial charge in [-0.2, -0.15) is 8.78 Å². The van der Waals surface area contributed by atoms with Crippen LogP contribution in [0.5, 0.6) is 0 Å². The predicted octanol–water partition coefficient (Wildman–Crippen LogP) is 1.64. The fraction of sp³-hybridized carbons (Fsp3) is 0.333. The van der Waals surface area contributed by atoms with Gasteiger partial charge in [-0.3, -0.25) is 0 Å². The average molecular weight is 268 g/mol. The smallest absolute Gasteiger partial charge is 0.379 e. The molecule has 0 spiro atoms. The van der Waals surface area contributed by atoms with Crippen LogP contribution in [0.15, 0.2) is 6.20 Å². The van der Waals surface area contributed by atoms with Gasteiger partial charge >= 0.3 is 17.9 Å². The van der Waals surface area contributed by atoms with Crippen LogP contribution in [-0.2, 0) is 22.5 Å². The highest BCUT2D eigenvalue weighted by Crippen LogP contribution is 2.36. The summed E-state index contributed by atoms with van der Waals surface area (Å²) in [5.74, 6) is -7.44. The second kappa shape index (κ2) is 4.33. The van der Waals surface area contributed by atoms with Crippen molar-refractivity contribution in [3.8, 4) is 0 Å². The van der Waals surface area contributed by atoms with E-state index < -0.39 is 28.4 Å². The molecule has 1 N–H and O–H groups in total. The largest absolute Gasteiger partial charge is 0.477 e. The van der Waals surface area contributed by atoms with Crippen LogP contribution >= 0.6 is 11.6 Å². The molecule has 0 fully saturated rings. The van der Waals surface area contributed by atoms with E-state index in [-0.39, 0.29) is 5.69 Å². The molecule has 0 aliphatic carbocycles. The second-order valence-corrected chi connectivity index (χ2v) is 3.57. The maximum absolute atomic E-state index is 13.3. The van der Waals surface area contributed by atoms with E-state index in [1.54, 1.807) is 0 Å². The molecule has 0 atom stereocenters. The quantitative estimate of drug-likeness (QED) is 0.846. The Morgan fingerprint density at radius 3 is 2.47 bits per heavy atom. The SMILES string of the molecule is COC(=O)c1c(Cl)c(C(F)(F)C(=O)O)cn1C. The highest BCUT2D eigenvalue weighted by Gasteiger charge is 2.45. The van der Waals surface area contributed by atoms with Gasteiger partial charge in [0.25, 0.3) is 0 Å². The first-order chi connectivity index (χ1) is 7.73. The number of alkyl halides is 2. The molecule has 0 unspecified atom stereocenters. The zero-order valence-electron chi connectivity index (χ0n) is 8.83. The summed E-state index contributed by atoms with van der Waals surface area (Å²) < 4.78 is 31.8. The van der Waals surface area contributed by atoms with E-state index >= 15 is 0 Å². The number of carboxylic acids is 1. The first-order valence-corrected chi connectivity index (χ1v) is 4.66. The molecule has 1 heterocycles. The highest BCUT2D eigenvalue weighted by atomic mass is 35.5. The van der Waals surface area contributed by atoms with Crippen LogP contribution in [0.1, 0.15) is 16.1 Å². The Kier molecular flexibility index (Phi) is 3.42. The number of methoxy groups -OCH3 is 1. The molecular weight excluding hydrogens is 260 g/mol. The molecule has 0 bridgehead atoms. The molecule has 1 aromatic rings. The molecule has 0 saturated carbocycles. The van der Waals surface area contributed by atoms with Gasteiger partial charge in [-0.15, -0.1) is 0 Å². The van der Waals surface area contributed by atoms with Gasteiger partial charge in [-0.05, 0) is 0 Å². The van der Waals surface area contributed by atoms with Gasteiger partial charge in [0.05, 0.1) is 17.7 Å². The van der Waals surface area contributed by atoms with Crippen LogP contribution in [0.25, 0.3) is 0 Å². The number of ether oxygens (including phenoxy) is 1. The number of aliphatic carboxylic acids is 1. The van der Waals surface area contributed by atoms with Gasteiger partial charge in [0.2, 0.25) is 0 Å². The Labute approximate surface area is 99.5 Å². The monoisotopic (exact) mass is 267 g/mol. The summed E-state index contributed by atoms with van der Waals surface area (Å²) in [6.07, 6.45) is 0.780. The number of hydrogen-bond acceptors (Lipinski definition) is 3. The zero-order valence-corrected chi connectivity index (χ0v) is 9.59. The second-order valence-electron chi connectivity index (χ2n) is 3.19. The summed E-state index contributed by atoms with van der Waals surface area (Å²) >= 11 is 5.57. The van der Waals surface area contributed by atoms with Crippen molar-refractivity contribution in [2.75, 3.05) is 7.11 Å². The summed E-state index contributed by atoms with van der Waals surface area (Å²) in [6.45, 7) is 0. The minimum atomic E-state index is -4.17. The van der Waals surface area contributed by atoms with Crippen LogP contribution in [0.3, 0.4) is 0 Å². The molecule has 0 aromatic carbocycles. The third kappa shape index (κ3) is 2.10. The number of hydrogen-bond donors (Lipinski definition) is 1. The van der Waals surface area contributed by atoms with Gasteiger partial charge in [0.15, 0.2) is 0 Å². The van der Waals surface area contributed by atoms with E-state index in [2.05, 4.69) is 4.74 Å². The summed E-state index contributed by atoms with van der Waals surface area (Å²) in [7, 11) is 2.33. The first-order valence-electron chi connectivity index (χ1n) is 4.28. The topological polar surface area (TPSA) is 68.5 Å². The number of aryl methyl sites for hydroxylation is 1. The minimum absolute atomic E-state index is 0.329. The number of carbonyl (C=O) groups excluding carboxylic acids is 1. The number of rotatable bonds is 3. The normalized spacial score (nSPS) is 11.4. The molecule has 1 rings (SSSR count). The summed E-state index contributed by atoms with van der Waals surface area (Å²) in [5.41, 5.74) is -1.28. The first kappa shape index (κ1) is 13.4.